The third kappa shape index (κ3) is 10.5. The molecule has 0 unspecified atom stereocenters. The highest BCUT2D eigenvalue weighted by molar-refractivity contribution is 5.85. The van der Waals surface area contributed by atoms with E-state index in [1.165, 1.54) is 14.2 Å². The number of carbonyl (C=O) groups excluding carboxylic acids is 4. The second-order valence-electron chi connectivity index (χ2n) is 8.37. The van der Waals surface area contributed by atoms with Gasteiger partial charge < -0.3 is 29.6 Å². The molecule has 0 bridgehead atoms. The number of rotatable bonds is 2. The highest BCUT2D eigenvalue weighted by atomic mass is 16.6. The van der Waals surface area contributed by atoms with Crippen LogP contribution in [0.25, 0.3) is 0 Å². The highest BCUT2D eigenvalue weighted by Gasteiger charge is 2.23. The SMILES string of the molecule is CO[C@@H]1COC(=O)[C@H](C)NC(=O)C/C=C/[C@@H](C)[C@H](OC)COC(=O)[C@H](C)NC(=O)C/C=C/[C@H]1C. The zero-order valence-corrected chi connectivity index (χ0v) is 20.9. The van der Waals surface area contributed by atoms with Gasteiger partial charge in [-0.2, -0.15) is 0 Å². The number of carbonyl (C=O) groups is 4. The number of amides is 2. The molecule has 0 aromatic carbocycles. The summed E-state index contributed by atoms with van der Waals surface area (Å²) in [6, 6.07) is -1.65. The second kappa shape index (κ2) is 15.2. The van der Waals surface area contributed by atoms with Gasteiger partial charge in [-0.05, 0) is 13.8 Å². The van der Waals surface area contributed by atoms with Crippen LogP contribution in [0.1, 0.15) is 40.5 Å². The molecule has 1 heterocycles. The van der Waals surface area contributed by atoms with Crippen molar-refractivity contribution in [3.63, 3.8) is 0 Å². The standard InChI is InChI=1S/C24H38N2O8/c1-15-9-7-11-21(27)25-18(4)24(30)34-14-20(32-6)16(2)10-8-12-22(28)26-17(3)23(29)33-13-19(15)31-5/h7-10,15-20H,11-14H2,1-6H3,(H,25,27)(H,26,28)/b9-7+,10-8+/t15-,16-,17+,18+,19-,20-/m1/s1. The minimum absolute atomic E-state index is 0.00799. The first-order chi connectivity index (χ1) is 16.1. The Labute approximate surface area is 201 Å². The van der Waals surface area contributed by atoms with Gasteiger partial charge in [0, 0.05) is 38.9 Å². The predicted molar refractivity (Wildman–Crippen MR) is 125 cm³/mol. The number of hydrogen-bond donors (Lipinski definition) is 2. The minimum Gasteiger partial charge on any atom is -0.461 e. The summed E-state index contributed by atoms with van der Waals surface area (Å²) in [5, 5.41) is 5.20. The average molecular weight is 483 g/mol. The summed E-state index contributed by atoms with van der Waals surface area (Å²) in [6.07, 6.45) is 6.13. The van der Waals surface area contributed by atoms with Gasteiger partial charge in [0.2, 0.25) is 11.8 Å². The van der Waals surface area contributed by atoms with Crippen molar-refractivity contribution in [3.8, 4) is 0 Å². The summed E-state index contributed by atoms with van der Waals surface area (Å²) in [7, 11) is 3.00. The van der Waals surface area contributed by atoms with Crippen molar-refractivity contribution in [2.45, 2.75) is 64.8 Å². The number of cyclic esters (lactones) is 2. The molecule has 0 saturated carbocycles. The lowest BCUT2D eigenvalue weighted by atomic mass is 10.0. The lowest BCUT2D eigenvalue weighted by molar-refractivity contribution is -0.151. The normalized spacial score (nSPS) is 33.2. The Balaban J connectivity index is 2.95. The molecule has 192 valence electrons. The summed E-state index contributed by atoms with van der Waals surface area (Å²) >= 11 is 0. The van der Waals surface area contributed by atoms with Crippen molar-refractivity contribution in [3.05, 3.63) is 24.3 Å². The van der Waals surface area contributed by atoms with Crippen molar-refractivity contribution < 1.29 is 38.1 Å². The van der Waals surface area contributed by atoms with E-state index in [9.17, 15) is 19.2 Å². The molecule has 0 aromatic heterocycles. The molecular weight excluding hydrogens is 444 g/mol. The van der Waals surface area contributed by atoms with Crippen LogP contribution in [0.5, 0.6) is 0 Å². The Morgan fingerprint density at radius 1 is 0.706 bits per heavy atom. The van der Waals surface area contributed by atoms with Gasteiger partial charge in [-0.15, -0.1) is 0 Å². The number of hydrogen-bond acceptors (Lipinski definition) is 8. The van der Waals surface area contributed by atoms with Gasteiger partial charge in [0.15, 0.2) is 0 Å². The molecule has 0 aromatic rings. The van der Waals surface area contributed by atoms with Crippen molar-refractivity contribution in [2.24, 2.45) is 11.8 Å². The van der Waals surface area contributed by atoms with E-state index in [4.69, 9.17) is 18.9 Å². The highest BCUT2D eigenvalue weighted by Crippen LogP contribution is 2.12. The molecule has 0 aliphatic carbocycles. The van der Waals surface area contributed by atoms with E-state index in [1.54, 1.807) is 38.2 Å². The fraction of sp³-hybridized carbons (Fsp3) is 0.667. The van der Waals surface area contributed by atoms with Crippen LogP contribution in [-0.4, -0.2) is 75.5 Å². The first-order valence-electron chi connectivity index (χ1n) is 11.4. The third-order valence-corrected chi connectivity index (χ3v) is 5.51. The quantitative estimate of drug-likeness (QED) is 0.445. The zero-order valence-electron chi connectivity index (χ0n) is 20.9. The third-order valence-electron chi connectivity index (χ3n) is 5.51. The van der Waals surface area contributed by atoms with E-state index in [1.807, 2.05) is 13.8 Å². The number of methoxy groups -OCH3 is 2. The summed E-state index contributed by atoms with van der Waals surface area (Å²) in [6.45, 7) is 6.80. The summed E-state index contributed by atoms with van der Waals surface area (Å²) in [4.78, 5) is 48.9. The Morgan fingerprint density at radius 2 is 1.06 bits per heavy atom. The first kappa shape index (κ1) is 29.3. The fourth-order valence-corrected chi connectivity index (χ4v) is 3.19. The van der Waals surface area contributed by atoms with E-state index in [0.717, 1.165) is 0 Å². The van der Waals surface area contributed by atoms with Crippen molar-refractivity contribution >= 4 is 23.8 Å². The summed E-state index contributed by atoms with van der Waals surface area (Å²) in [5.41, 5.74) is 0. The van der Waals surface area contributed by atoms with E-state index in [2.05, 4.69) is 10.6 Å². The number of esters is 2. The largest absolute Gasteiger partial charge is 0.461 e. The molecule has 10 heteroatoms. The molecule has 1 aliphatic rings. The second-order valence-corrected chi connectivity index (χ2v) is 8.37. The maximum absolute atomic E-state index is 12.3. The van der Waals surface area contributed by atoms with Gasteiger partial charge in [0.1, 0.15) is 25.3 Å². The first-order valence-corrected chi connectivity index (χ1v) is 11.4. The topological polar surface area (TPSA) is 129 Å². The van der Waals surface area contributed by atoms with Gasteiger partial charge >= 0.3 is 11.9 Å². The molecule has 34 heavy (non-hydrogen) atoms. The predicted octanol–water partition coefficient (Wildman–Crippen LogP) is 1.29. The maximum atomic E-state index is 12.3. The van der Waals surface area contributed by atoms with E-state index >= 15 is 0 Å². The molecule has 10 nitrogen and oxygen atoms in total. The molecule has 1 rings (SSSR count). The molecule has 0 radical (unpaired) electrons. The fourth-order valence-electron chi connectivity index (χ4n) is 3.19. The Hall–Kier alpha value is -2.72. The monoisotopic (exact) mass is 482 g/mol. The summed E-state index contributed by atoms with van der Waals surface area (Å²) in [5.74, 6) is -2.12. The van der Waals surface area contributed by atoms with Crippen LogP contribution in [0.15, 0.2) is 24.3 Å². The van der Waals surface area contributed by atoms with E-state index < -0.39 is 36.2 Å². The molecule has 0 saturated heterocycles. The molecule has 6 atom stereocenters. The van der Waals surface area contributed by atoms with Crippen LogP contribution in [0.2, 0.25) is 0 Å². The molecule has 2 N–H and O–H groups in total. The lowest BCUT2D eigenvalue weighted by Gasteiger charge is -2.22. The van der Waals surface area contributed by atoms with Crippen molar-refractivity contribution in [1.82, 2.24) is 10.6 Å². The Bertz CT molecular complexity index is 689. The Kier molecular flexibility index (Phi) is 13.1. The van der Waals surface area contributed by atoms with Crippen molar-refractivity contribution in [1.29, 1.82) is 0 Å². The van der Waals surface area contributed by atoms with Crippen LogP contribution >= 0.6 is 0 Å². The molecule has 1 aliphatic heterocycles. The molecular formula is C24H38N2O8. The molecule has 0 fully saturated rings. The van der Waals surface area contributed by atoms with Crippen LogP contribution in [0, 0.1) is 11.8 Å². The van der Waals surface area contributed by atoms with Crippen LogP contribution in [-0.2, 0) is 38.1 Å². The van der Waals surface area contributed by atoms with Crippen LogP contribution < -0.4 is 10.6 Å². The average Bonchev–Trinajstić information content (AvgIpc) is 2.78. The molecule has 2 amide bonds. The van der Waals surface area contributed by atoms with Crippen LogP contribution in [0.3, 0.4) is 0 Å². The molecule has 0 spiro atoms. The van der Waals surface area contributed by atoms with Gasteiger partial charge in [0.25, 0.3) is 0 Å². The zero-order chi connectivity index (χ0) is 25.7. The van der Waals surface area contributed by atoms with Gasteiger partial charge in [-0.1, -0.05) is 38.2 Å². The van der Waals surface area contributed by atoms with Gasteiger partial charge in [0.05, 0.1) is 12.2 Å². The van der Waals surface area contributed by atoms with Crippen molar-refractivity contribution in [2.75, 3.05) is 27.4 Å². The number of ether oxygens (including phenoxy) is 4. The van der Waals surface area contributed by atoms with Gasteiger partial charge in [-0.25, -0.2) is 9.59 Å². The number of nitrogens with one attached hydrogen (secondary N) is 2. The smallest absolute Gasteiger partial charge is 0.328 e. The Morgan fingerprint density at radius 3 is 1.38 bits per heavy atom. The maximum Gasteiger partial charge on any atom is 0.328 e. The van der Waals surface area contributed by atoms with Gasteiger partial charge in [-0.3, -0.25) is 9.59 Å². The minimum atomic E-state index is -0.823. The van der Waals surface area contributed by atoms with E-state index in [-0.39, 0.29) is 49.7 Å². The van der Waals surface area contributed by atoms with Crippen LogP contribution in [0.4, 0.5) is 0 Å². The summed E-state index contributed by atoms with van der Waals surface area (Å²) < 4.78 is 21.4. The lowest BCUT2D eigenvalue weighted by Crippen LogP contribution is -2.41. The van der Waals surface area contributed by atoms with E-state index in [0.29, 0.717) is 0 Å².